The minimum absolute atomic E-state index is 0.0141. The quantitative estimate of drug-likeness (QED) is 0.642. The molecule has 1 aromatic rings. The number of hydrogen-bond acceptors (Lipinski definition) is 5. The highest BCUT2D eigenvalue weighted by Gasteiger charge is 2.50. The highest BCUT2D eigenvalue weighted by molar-refractivity contribution is 6.07. The maximum Gasteiger partial charge on any atom is 0.325 e. The molecule has 20 heavy (non-hydrogen) atoms. The summed E-state index contributed by atoms with van der Waals surface area (Å²) in [7, 11) is 0. The Labute approximate surface area is 115 Å². The summed E-state index contributed by atoms with van der Waals surface area (Å²) < 4.78 is 9.97. The maximum absolute atomic E-state index is 12.3. The van der Waals surface area contributed by atoms with E-state index in [1.165, 1.54) is 6.26 Å². The number of amides is 3. The van der Waals surface area contributed by atoms with E-state index >= 15 is 0 Å². The van der Waals surface area contributed by atoms with E-state index in [4.69, 9.17) is 9.15 Å². The molecule has 0 spiro atoms. The topological polar surface area (TPSA) is 88.8 Å². The SMILES string of the molecule is CCOC(=O)CCN1C(=O)NC(C)(c2ccco2)C1=O. The number of imide groups is 1. The minimum Gasteiger partial charge on any atom is -0.466 e. The average molecular weight is 280 g/mol. The van der Waals surface area contributed by atoms with Crippen LogP contribution in [0.2, 0.25) is 0 Å². The van der Waals surface area contributed by atoms with Crippen molar-refractivity contribution in [2.75, 3.05) is 13.2 Å². The van der Waals surface area contributed by atoms with E-state index in [-0.39, 0.29) is 19.6 Å². The molecule has 7 nitrogen and oxygen atoms in total. The van der Waals surface area contributed by atoms with Gasteiger partial charge < -0.3 is 14.5 Å². The van der Waals surface area contributed by atoms with Crippen molar-refractivity contribution in [3.05, 3.63) is 24.2 Å². The van der Waals surface area contributed by atoms with Gasteiger partial charge in [-0.1, -0.05) is 0 Å². The van der Waals surface area contributed by atoms with Crippen molar-refractivity contribution in [2.45, 2.75) is 25.8 Å². The fraction of sp³-hybridized carbons (Fsp3) is 0.462. The van der Waals surface area contributed by atoms with E-state index in [1.54, 1.807) is 26.0 Å². The Morgan fingerprint density at radius 1 is 1.50 bits per heavy atom. The van der Waals surface area contributed by atoms with Crippen LogP contribution in [-0.4, -0.2) is 36.0 Å². The lowest BCUT2D eigenvalue weighted by atomic mass is 9.99. The Hall–Kier alpha value is -2.31. The van der Waals surface area contributed by atoms with E-state index < -0.39 is 23.4 Å². The van der Waals surface area contributed by atoms with Gasteiger partial charge in [0.2, 0.25) is 0 Å². The molecule has 0 saturated carbocycles. The number of carbonyl (C=O) groups excluding carboxylic acids is 3. The molecule has 1 fully saturated rings. The number of esters is 1. The number of hydrogen-bond donors (Lipinski definition) is 1. The predicted octanol–water partition coefficient (Wildman–Crippen LogP) is 1.000. The first-order chi connectivity index (χ1) is 9.49. The summed E-state index contributed by atoms with van der Waals surface area (Å²) >= 11 is 0. The highest BCUT2D eigenvalue weighted by Crippen LogP contribution is 2.29. The van der Waals surface area contributed by atoms with E-state index in [2.05, 4.69) is 5.32 Å². The molecular weight excluding hydrogens is 264 g/mol. The smallest absolute Gasteiger partial charge is 0.325 e. The molecule has 0 aromatic carbocycles. The lowest BCUT2D eigenvalue weighted by Gasteiger charge is -2.18. The Bertz CT molecular complexity index is 525. The summed E-state index contributed by atoms with van der Waals surface area (Å²) in [5.74, 6) is -0.532. The number of ether oxygens (including phenoxy) is 1. The third-order valence-electron chi connectivity index (χ3n) is 3.13. The Morgan fingerprint density at radius 2 is 2.25 bits per heavy atom. The number of rotatable bonds is 5. The van der Waals surface area contributed by atoms with Crippen LogP contribution in [0.1, 0.15) is 26.0 Å². The molecule has 0 aliphatic carbocycles. The van der Waals surface area contributed by atoms with Crippen LogP contribution in [0.4, 0.5) is 4.79 Å². The molecule has 2 heterocycles. The summed E-state index contributed by atoms with van der Waals surface area (Å²) in [6, 6.07) is 2.71. The summed E-state index contributed by atoms with van der Waals surface area (Å²) in [6.07, 6.45) is 1.41. The first kappa shape index (κ1) is 14.1. The van der Waals surface area contributed by atoms with Gasteiger partial charge in [-0.15, -0.1) is 0 Å². The second kappa shape index (κ2) is 5.36. The molecule has 2 rings (SSSR count). The highest BCUT2D eigenvalue weighted by atomic mass is 16.5. The van der Waals surface area contributed by atoms with Crippen molar-refractivity contribution in [2.24, 2.45) is 0 Å². The van der Waals surface area contributed by atoms with Gasteiger partial charge in [-0.2, -0.15) is 0 Å². The normalized spacial score (nSPS) is 22.0. The maximum atomic E-state index is 12.3. The first-order valence-electron chi connectivity index (χ1n) is 6.32. The number of carbonyl (C=O) groups is 3. The van der Waals surface area contributed by atoms with Gasteiger partial charge in [-0.25, -0.2) is 4.79 Å². The van der Waals surface area contributed by atoms with Gasteiger partial charge in [-0.3, -0.25) is 14.5 Å². The number of furan rings is 1. The van der Waals surface area contributed by atoms with Gasteiger partial charge in [-0.05, 0) is 26.0 Å². The summed E-state index contributed by atoms with van der Waals surface area (Å²) in [4.78, 5) is 36.5. The van der Waals surface area contributed by atoms with Crippen molar-refractivity contribution in [1.82, 2.24) is 10.2 Å². The number of nitrogens with zero attached hydrogens (tertiary/aromatic N) is 1. The summed E-state index contributed by atoms with van der Waals surface area (Å²) in [5.41, 5.74) is -1.23. The molecule has 1 aromatic heterocycles. The fourth-order valence-corrected chi connectivity index (χ4v) is 2.07. The molecule has 0 radical (unpaired) electrons. The van der Waals surface area contributed by atoms with Gasteiger partial charge in [0, 0.05) is 6.54 Å². The first-order valence-corrected chi connectivity index (χ1v) is 6.32. The molecule has 7 heteroatoms. The zero-order chi connectivity index (χ0) is 14.8. The van der Waals surface area contributed by atoms with Gasteiger partial charge >= 0.3 is 12.0 Å². The second-order valence-corrected chi connectivity index (χ2v) is 4.54. The molecule has 3 amide bonds. The zero-order valence-electron chi connectivity index (χ0n) is 11.3. The second-order valence-electron chi connectivity index (χ2n) is 4.54. The van der Waals surface area contributed by atoms with Crippen LogP contribution in [0.3, 0.4) is 0 Å². The van der Waals surface area contributed by atoms with Gasteiger partial charge in [0.1, 0.15) is 5.76 Å². The van der Waals surface area contributed by atoms with Crippen LogP contribution in [-0.2, 0) is 19.9 Å². The van der Waals surface area contributed by atoms with Gasteiger partial charge in [0.25, 0.3) is 5.91 Å². The lowest BCUT2D eigenvalue weighted by Crippen LogP contribution is -2.40. The molecule has 1 atom stereocenters. The Balaban J connectivity index is 2.08. The summed E-state index contributed by atoms with van der Waals surface area (Å²) in [5, 5.41) is 2.58. The van der Waals surface area contributed by atoms with Crippen molar-refractivity contribution < 1.29 is 23.5 Å². The fourth-order valence-electron chi connectivity index (χ4n) is 2.07. The zero-order valence-corrected chi connectivity index (χ0v) is 11.3. The molecular formula is C13H16N2O5. The molecule has 1 aliphatic rings. The monoisotopic (exact) mass is 280 g/mol. The van der Waals surface area contributed by atoms with Crippen LogP contribution >= 0.6 is 0 Å². The minimum atomic E-state index is -1.23. The van der Waals surface area contributed by atoms with Crippen molar-refractivity contribution in [3.63, 3.8) is 0 Å². The summed E-state index contributed by atoms with van der Waals surface area (Å²) in [6.45, 7) is 3.51. The molecule has 1 saturated heterocycles. The van der Waals surface area contributed by atoms with Crippen LogP contribution in [0.5, 0.6) is 0 Å². The average Bonchev–Trinajstić information content (AvgIpc) is 2.98. The van der Waals surface area contributed by atoms with E-state index in [1.807, 2.05) is 0 Å². The Kier molecular flexibility index (Phi) is 3.78. The van der Waals surface area contributed by atoms with Crippen molar-refractivity contribution in [3.8, 4) is 0 Å². The molecule has 1 N–H and O–H groups in total. The largest absolute Gasteiger partial charge is 0.466 e. The van der Waals surface area contributed by atoms with Gasteiger partial charge in [0.15, 0.2) is 5.54 Å². The van der Waals surface area contributed by atoms with Crippen molar-refractivity contribution in [1.29, 1.82) is 0 Å². The van der Waals surface area contributed by atoms with E-state index in [0.29, 0.717) is 5.76 Å². The molecule has 108 valence electrons. The Morgan fingerprint density at radius 3 is 2.85 bits per heavy atom. The third kappa shape index (κ3) is 2.38. The van der Waals surface area contributed by atoms with E-state index in [0.717, 1.165) is 4.90 Å². The molecule has 1 aliphatic heterocycles. The lowest BCUT2D eigenvalue weighted by molar-refractivity contribution is -0.143. The molecule has 0 bridgehead atoms. The van der Waals surface area contributed by atoms with E-state index in [9.17, 15) is 14.4 Å². The standard InChI is InChI=1S/C13H16N2O5/c1-3-19-10(16)6-7-15-11(17)13(2,14-12(15)18)9-5-4-8-20-9/h4-5,8H,3,6-7H2,1-2H3,(H,14,18). The van der Waals surface area contributed by atoms with Crippen LogP contribution < -0.4 is 5.32 Å². The third-order valence-corrected chi connectivity index (χ3v) is 3.13. The molecule has 1 unspecified atom stereocenters. The van der Waals surface area contributed by atoms with Gasteiger partial charge in [0.05, 0.1) is 19.3 Å². The van der Waals surface area contributed by atoms with Crippen LogP contribution in [0, 0.1) is 0 Å². The number of nitrogens with one attached hydrogen (secondary N) is 1. The number of urea groups is 1. The predicted molar refractivity (Wildman–Crippen MR) is 67.6 cm³/mol. The van der Waals surface area contributed by atoms with Crippen LogP contribution in [0.15, 0.2) is 22.8 Å². The van der Waals surface area contributed by atoms with Crippen LogP contribution in [0.25, 0.3) is 0 Å². The van der Waals surface area contributed by atoms with Crippen molar-refractivity contribution >= 4 is 17.9 Å².